The zero-order valence-corrected chi connectivity index (χ0v) is 13.1. The van der Waals surface area contributed by atoms with Gasteiger partial charge >= 0.3 is 0 Å². The van der Waals surface area contributed by atoms with E-state index < -0.39 is 0 Å². The smallest absolute Gasteiger partial charge is 0.166 e. The number of rotatable bonds is 4. The van der Waals surface area contributed by atoms with Gasteiger partial charge in [-0.15, -0.1) is 0 Å². The fraction of sp³-hybridized carbons (Fsp3) is 0.105. The van der Waals surface area contributed by atoms with E-state index in [1.807, 2.05) is 6.07 Å². The summed E-state index contributed by atoms with van der Waals surface area (Å²) in [5.41, 5.74) is 7.64. The van der Waals surface area contributed by atoms with Crippen LogP contribution in [0.25, 0.3) is 21.8 Å². The molecule has 2 aromatic carbocycles. The summed E-state index contributed by atoms with van der Waals surface area (Å²) < 4.78 is 0. The van der Waals surface area contributed by atoms with Crippen LogP contribution in [0.5, 0.6) is 0 Å². The maximum absolute atomic E-state index is 5.71. The van der Waals surface area contributed by atoms with Crippen molar-refractivity contribution >= 4 is 33.4 Å². The molecule has 0 unspecified atom stereocenters. The lowest BCUT2D eigenvalue weighted by Gasteiger charge is -2.10. The molecule has 0 spiro atoms. The Morgan fingerprint density at radius 2 is 1.75 bits per heavy atom. The number of hydrogen-bond acceptors (Lipinski definition) is 5. The zero-order chi connectivity index (χ0) is 16.4. The van der Waals surface area contributed by atoms with Gasteiger partial charge in [0.15, 0.2) is 5.65 Å². The van der Waals surface area contributed by atoms with Crippen molar-refractivity contribution in [3.8, 4) is 0 Å². The number of benzene rings is 2. The maximum atomic E-state index is 5.71. The largest absolute Gasteiger partial charge is 0.384 e. The van der Waals surface area contributed by atoms with Gasteiger partial charge in [0.1, 0.15) is 18.0 Å². The molecule has 2 aromatic heterocycles. The molecular formula is C19H17N5. The third-order valence-corrected chi connectivity index (χ3v) is 4.09. The standard InChI is InChI=1S/C19H17N5/c20-17-9-8-16-18(22-12-23-19(16)24-17)21-11-10-14-6-3-5-13-4-1-2-7-15(13)14/h1-9,12H,10-11H2,(H3,20,21,22,23,24). The Kier molecular flexibility index (Phi) is 3.67. The van der Waals surface area contributed by atoms with Crippen LogP contribution >= 0.6 is 0 Å². The van der Waals surface area contributed by atoms with Crippen molar-refractivity contribution in [3.63, 3.8) is 0 Å². The second-order valence-corrected chi connectivity index (χ2v) is 5.64. The fourth-order valence-electron chi connectivity index (χ4n) is 2.92. The highest BCUT2D eigenvalue weighted by Crippen LogP contribution is 2.21. The van der Waals surface area contributed by atoms with E-state index >= 15 is 0 Å². The molecule has 118 valence electrons. The van der Waals surface area contributed by atoms with Gasteiger partial charge in [0.25, 0.3) is 0 Å². The lowest BCUT2D eigenvalue weighted by Crippen LogP contribution is -2.08. The van der Waals surface area contributed by atoms with Gasteiger partial charge in [-0.25, -0.2) is 15.0 Å². The SMILES string of the molecule is Nc1ccc2c(NCCc3cccc4ccccc34)ncnc2n1. The fourth-order valence-corrected chi connectivity index (χ4v) is 2.92. The number of nitrogens with two attached hydrogens (primary N) is 1. The number of nitrogens with one attached hydrogen (secondary N) is 1. The molecule has 0 aliphatic heterocycles. The Morgan fingerprint density at radius 3 is 2.71 bits per heavy atom. The minimum absolute atomic E-state index is 0.461. The predicted octanol–water partition coefficient (Wildman–Crippen LogP) is 3.41. The van der Waals surface area contributed by atoms with Crippen LogP contribution in [0.15, 0.2) is 60.9 Å². The highest BCUT2D eigenvalue weighted by molar-refractivity contribution is 5.87. The van der Waals surface area contributed by atoms with Gasteiger partial charge in [0.2, 0.25) is 0 Å². The average molecular weight is 315 g/mol. The van der Waals surface area contributed by atoms with Crippen LogP contribution in [0, 0.1) is 0 Å². The Labute approximate surface area is 139 Å². The molecule has 0 fully saturated rings. The lowest BCUT2D eigenvalue weighted by atomic mass is 10.0. The number of fused-ring (bicyclic) bond motifs is 2. The molecule has 4 rings (SSSR count). The highest BCUT2D eigenvalue weighted by atomic mass is 15.0. The first kappa shape index (κ1) is 14.4. The van der Waals surface area contributed by atoms with E-state index in [0.29, 0.717) is 11.5 Å². The molecular weight excluding hydrogens is 298 g/mol. The highest BCUT2D eigenvalue weighted by Gasteiger charge is 2.05. The second kappa shape index (κ2) is 6.12. The van der Waals surface area contributed by atoms with Crippen molar-refractivity contribution in [2.75, 3.05) is 17.6 Å². The van der Waals surface area contributed by atoms with Gasteiger partial charge in [-0.05, 0) is 34.9 Å². The molecule has 0 bridgehead atoms. The number of anilines is 2. The van der Waals surface area contributed by atoms with Crippen LogP contribution in [0.2, 0.25) is 0 Å². The van der Waals surface area contributed by atoms with E-state index in [1.54, 1.807) is 6.07 Å². The molecule has 0 radical (unpaired) electrons. The summed E-state index contributed by atoms with van der Waals surface area (Å²) in [4.78, 5) is 12.7. The Bertz CT molecular complexity index is 1010. The van der Waals surface area contributed by atoms with Gasteiger partial charge in [-0.3, -0.25) is 0 Å². The predicted molar refractivity (Wildman–Crippen MR) is 97.9 cm³/mol. The van der Waals surface area contributed by atoms with E-state index in [9.17, 15) is 0 Å². The van der Waals surface area contributed by atoms with Gasteiger partial charge in [0.05, 0.1) is 5.39 Å². The van der Waals surface area contributed by atoms with Crippen LogP contribution < -0.4 is 11.1 Å². The maximum Gasteiger partial charge on any atom is 0.166 e. The Hall–Kier alpha value is -3.21. The summed E-state index contributed by atoms with van der Waals surface area (Å²) in [6, 6.07) is 18.5. The lowest BCUT2D eigenvalue weighted by molar-refractivity contribution is 1.01. The number of nitrogen functional groups attached to an aromatic ring is 1. The van der Waals surface area contributed by atoms with Crippen LogP contribution in [-0.4, -0.2) is 21.5 Å². The average Bonchev–Trinajstić information content (AvgIpc) is 2.62. The topological polar surface area (TPSA) is 76.7 Å². The summed E-state index contributed by atoms with van der Waals surface area (Å²) in [5.74, 6) is 1.25. The quantitative estimate of drug-likeness (QED) is 0.603. The molecule has 3 N–H and O–H groups in total. The van der Waals surface area contributed by atoms with Crippen molar-refractivity contribution < 1.29 is 0 Å². The number of hydrogen-bond donors (Lipinski definition) is 2. The summed E-state index contributed by atoms with van der Waals surface area (Å²) in [6.45, 7) is 0.782. The number of aromatic nitrogens is 3. The molecule has 2 heterocycles. The minimum atomic E-state index is 0.461. The first-order chi connectivity index (χ1) is 11.8. The first-order valence-corrected chi connectivity index (χ1v) is 7.89. The molecule has 0 atom stereocenters. The molecule has 5 heteroatoms. The first-order valence-electron chi connectivity index (χ1n) is 7.89. The van der Waals surface area contributed by atoms with Crippen molar-refractivity contribution in [1.29, 1.82) is 0 Å². The summed E-state index contributed by atoms with van der Waals surface area (Å²) in [6.07, 6.45) is 2.42. The van der Waals surface area contributed by atoms with Crippen LogP contribution in [-0.2, 0) is 6.42 Å². The third kappa shape index (κ3) is 2.72. The van der Waals surface area contributed by atoms with Gasteiger partial charge in [-0.2, -0.15) is 0 Å². The van der Waals surface area contributed by atoms with Gasteiger partial charge in [0, 0.05) is 6.54 Å². The monoisotopic (exact) mass is 315 g/mol. The van der Waals surface area contributed by atoms with E-state index in [4.69, 9.17) is 5.73 Å². The van der Waals surface area contributed by atoms with Crippen molar-refractivity contribution in [2.45, 2.75) is 6.42 Å². The summed E-state index contributed by atoms with van der Waals surface area (Å²) >= 11 is 0. The van der Waals surface area contributed by atoms with E-state index in [0.717, 1.165) is 24.2 Å². The molecule has 5 nitrogen and oxygen atoms in total. The van der Waals surface area contributed by atoms with E-state index in [1.165, 1.54) is 22.7 Å². The van der Waals surface area contributed by atoms with Gasteiger partial charge in [-0.1, -0.05) is 42.5 Å². The van der Waals surface area contributed by atoms with Crippen molar-refractivity contribution in [1.82, 2.24) is 15.0 Å². The van der Waals surface area contributed by atoms with Crippen LogP contribution in [0.3, 0.4) is 0 Å². The van der Waals surface area contributed by atoms with Crippen LogP contribution in [0.4, 0.5) is 11.6 Å². The normalized spacial score (nSPS) is 11.0. The summed E-state index contributed by atoms with van der Waals surface area (Å²) in [7, 11) is 0. The molecule has 0 aliphatic carbocycles. The molecule has 0 saturated heterocycles. The van der Waals surface area contributed by atoms with Gasteiger partial charge < -0.3 is 11.1 Å². The zero-order valence-electron chi connectivity index (χ0n) is 13.1. The third-order valence-electron chi connectivity index (χ3n) is 4.09. The molecule has 0 aliphatic rings. The molecule has 0 amide bonds. The van der Waals surface area contributed by atoms with Crippen LogP contribution in [0.1, 0.15) is 5.56 Å². The van der Waals surface area contributed by atoms with E-state index in [2.05, 4.69) is 62.7 Å². The van der Waals surface area contributed by atoms with Crippen molar-refractivity contribution in [3.05, 3.63) is 66.5 Å². The summed E-state index contributed by atoms with van der Waals surface area (Å²) in [5, 5.41) is 6.83. The van der Waals surface area contributed by atoms with E-state index in [-0.39, 0.29) is 0 Å². The second-order valence-electron chi connectivity index (χ2n) is 5.64. The number of nitrogens with zero attached hydrogens (tertiary/aromatic N) is 3. The minimum Gasteiger partial charge on any atom is -0.384 e. The molecule has 4 aromatic rings. The number of pyridine rings is 1. The molecule has 0 saturated carbocycles. The Balaban J connectivity index is 1.55. The Morgan fingerprint density at radius 1 is 0.875 bits per heavy atom. The molecule has 24 heavy (non-hydrogen) atoms. The van der Waals surface area contributed by atoms with Crippen molar-refractivity contribution in [2.24, 2.45) is 0 Å².